The number of methoxy groups -OCH3 is 1. The fourth-order valence-corrected chi connectivity index (χ4v) is 2.04. The van der Waals surface area contributed by atoms with E-state index in [9.17, 15) is 4.79 Å². The van der Waals surface area contributed by atoms with Gasteiger partial charge in [0.15, 0.2) is 0 Å². The van der Waals surface area contributed by atoms with Crippen molar-refractivity contribution in [3.05, 3.63) is 46.5 Å². The summed E-state index contributed by atoms with van der Waals surface area (Å²) < 4.78 is 6.58. The van der Waals surface area contributed by atoms with Crippen LogP contribution < -0.4 is 10.9 Å². The number of likely N-dealkylation sites (N-methyl/N-ethyl adjacent to an activating group) is 1. The lowest BCUT2D eigenvalue weighted by Gasteiger charge is -2.16. The minimum absolute atomic E-state index is 0.0467. The van der Waals surface area contributed by atoms with E-state index in [0.717, 1.165) is 31.9 Å². The van der Waals surface area contributed by atoms with E-state index in [1.807, 2.05) is 18.2 Å². The zero-order valence-electron chi connectivity index (χ0n) is 12.6. The van der Waals surface area contributed by atoms with Gasteiger partial charge in [-0.25, -0.2) is 4.98 Å². The smallest absolute Gasteiger partial charge is 0.258 e. The van der Waals surface area contributed by atoms with E-state index >= 15 is 0 Å². The van der Waals surface area contributed by atoms with Gasteiger partial charge in [0.05, 0.1) is 12.3 Å². The molecule has 2 aromatic rings. The molecule has 2 heterocycles. The molecule has 0 aliphatic carbocycles. The van der Waals surface area contributed by atoms with Gasteiger partial charge in [-0.05, 0) is 19.2 Å². The molecule has 0 aliphatic rings. The summed E-state index contributed by atoms with van der Waals surface area (Å²) in [6.07, 6.45) is 1.73. The van der Waals surface area contributed by atoms with Crippen molar-refractivity contribution in [1.29, 1.82) is 0 Å². The Hall–Kier alpha value is -1.76. The third-order valence-electron chi connectivity index (χ3n) is 3.28. The highest BCUT2D eigenvalue weighted by molar-refractivity contribution is 5.37. The minimum Gasteiger partial charge on any atom is -0.383 e. The largest absolute Gasteiger partial charge is 0.383 e. The zero-order chi connectivity index (χ0) is 15.1. The lowest BCUT2D eigenvalue weighted by atomic mass is 10.3. The van der Waals surface area contributed by atoms with Gasteiger partial charge in [-0.15, -0.1) is 0 Å². The molecule has 2 aromatic heterocycles. The summed E-state index contributed by atoms with van der Waals surface area (Å²) >= 11 is 0. The van der Waals surface area contributed by atoms with Gasteiger partial charge in [0.1, 0.15) is 5.65 Å². The van der Waals surface area contributed by atoms with Crippen LogP contribution in [0.25, 0.3) is 5.65 Å². The first-order valence-corrected chi connectivity index (χ1v) is 7.06. The average molecular weight is 290 g/mol. The molecule has 2 rings (SSSR count). The van der Waals surface area contributed by atoms with Crippen molar-refractivity contribution in [3.8, 4) is 0 Å². The number of nitrogens with zero attached hydrogens (tertiary/aromatic N) is 3. The van der Waals surface area contributed by atoms with Gasteiger partial charge >= 0.3 is 0 Å². The van der Waals surface area contributed by atoms with Crippen LogP contribution in [0, 0.1) is 0 Å². The Morgan fingerprint density at radius 3 is 3.05 bits per heavy atom. The van der Waals surface area contributed by atoms with E-state index in [-0.39, 0.29) is 5.56 Å². The SMILES string of the molecule is COCCN(C)CCNCc1cc(=O)n2ccccc2n1. The monoisotopic (exact) mass is 290 g/mol. The summed E-state index contributed by atoms with van der Waals surface area (Å²) in [6.45, 7) is 4.01. The maximum Gasteiger partial charge on any atom is 0.258 e. The Bertz CT molecular complexity index is 626. The van der Waals surface area contributed by atoms with E-state index in [1.165, 1.54) is 0 Å². The maximum atomic E-state index is 11.9. The number of fused-ring (bicyclic) bond motifs is 1. The van der Waals surface area contributed by atoms with Gasteiger partial charge in [-0.3, -0.25) is 9.20 Å². The summed E-state index contributed by atoms with van der Waals surface area (Å²) in [5, 5.41) is 3.31. The van der Waals surface area contributed by atoms with Crippen molar-refractivity contribution in [2.45, 2.75) is 6.54 Å². The van der Waals surface area contributed by atoms with E-state index in [4.69, 9.17) is 4.74 Å². The molecule has 21 heavy (non-hydrogen) atoms. The van der Waals surface area contributed by atoms with Crippen LogP contribution in [0.1, 0.15) is 5.69 Å². The zero-order valence-corrected chi connectivity index (χ0v) is 12.6. The number of ether oxygens (including phenoxy) is 1. The van der Waals surface area contributed by atoms with Crippen LogP contribution in [-0.2, 0) is 11.3 Å². The second-order valence-corrected chi connectivity index (χ2v) is 4.99. The lowest BCUT2D eigenvalue weighted by molar-refractivity contribution is 0.161. The van der Waals surface area contributed by atoms with Gasteiger partial charge in [-0.2, -0.15) is 0 Å². The van der Waals surface area contributed by atoms with Crippen LogP contribution in [0.4, 0.5) is 0 Å². The molecule has 0 radical (unpaired) electrons. The highest BCUT2D eigenvalue weighted by atomic mass is 16.5. The van der Waals surface area contributed by atoms with Crippen molar-refractivity contribution >= 4 is 5.65 Å². The molecule has 0 unspecified atom stereocenters. The topological polar surface area (TPSA) is 58.9 Å². The van der Waals surface area contributed by atoms with E-state index in [1.54, 1.807) is 23.8 Å². The molecule has 0 saturated heterocycles. The van der Waals surface area contributed by atoms with Crippen molar-refractivity contribution in [2.75, 3.05) is 40.4 Å². The minimum atomic E-state index is -0.0467. The third-order valence-corrected chi connectivity index (χ3v) is 3.28. The Morgan fingerprint density at radius 2 is 2.24 bits per heavy atom. The lowest BCUT2D eigenvalue weighted by Crippen LogP contribution is -2.31. The number of nitrogens with one attached hydrogen (secondary N) is 1. The van der Waals surface area contributed by atoms with E-state index in [2.05, 4.69) is 22.2 Å². The summed E-state index contributed by atoms with van der Waals surface area (Å²) in [4.78, 5) is 18.6. The van der Waals surface area contributed by atoms with Crippen molar-refractivity contribution in [3.63, 3.8) is 0 Å². The first kappa shape index (κ1) is 15.6. The summed E-state index contributed by atoms with van der Waals surface area (Å²) in [6, 6.07) is 7.12. The van der Waals surface area contributed by atoms with Crippen molar-refractivity contribution in [1.82, 2.24) is 19.6 Å². The molecule has 6 heteroatoms. The Kier molecular flexibility index (Phi) is 5.86. The van der Waals surface area contributed by atoms with E-state index in [0.29, 0.717) is 12.2 Å². The Labute approximate surface area is 124 Å². The van der Waals surface area contributed by atoms with Crippen LogP contribution in [0.2, 0.25) is 0 Å². The van der Waals surface area contributed by atoms with Crippen LogP contribution in [0.5, 0.6) is 0 Å². The molecule has 0 aromatic carbocycles. The van der Waals surface area contributed by atoms with Crippen LogP contribution in [0.3, 0.4) is 0 Å². The molecule has 0 atom stereocenters. The maximum absolute atomic E-state index is 11.9. The normalized spacial score (nSPS) is 11.4. The molecule has 0 aliphatic heterocycles. The molecule has 1 N–H and O–H groups in total. The molecule has 114 valence electrons. The molecule has 0 spiro atoms. The predicted molar refractivity (Wildman–Crippen MR) is 82.5 cm³/mol. The van der Waals surface area contributed by atoms with Crippen molar-refractivity contribution < 1.29 is 4.74 Å². The first-order chi connectivity index (χ1) is 10.2. The fraction of sp³-hybridized carbons (Fsp3) is 0.467. The molecule has 0 fully saturated rings. The highest BCUT2D eigenvalue weighted by Gasteiger charge is 2.02. The summed E-state index contributed by atoms with van der Waals surface area (Å²) in [7, 11) is 3.76. The van der Waals surface area contributed by atoms with Gasteiger partial charge in [-0.1, -0.05) is 6.07 Å². The van der Waals surface area contributed by atoms with Gasteiger partial charge in [0.2, 0.25) is 0 Å². The molecule has 0 amide bonds. The summed E-state index contributed by atoms with van der Waals surface area (Å²) in [5.74, 6) is 0. The number of rotatable bonds is 8. The highest BCUT2D eigenvalue weighted by Crippen LogP contribution is 1.98. The van der Waals surface area contributed by atoms with Gasteiger partial charge < -0.3 is 15.0 Å². The predicted octanol–water partition coefficient (Wildman–Crippen LogP) is 0.362. The average Bonchev–Trinajstić information content (AvgIpc) is 2.49. The molecule has 6 nitrogen and oxygen atoms in total. The first-order valence-electron chi connectivity index (χ1n) is 7.06. The van der Waals surface area contributed by atoms with Crippen LogP contribution in [-0.4, -0.2) is 54.7 Å². The number of hydrogen-bond acceptors (Lipinski definition) is 5. The van der Waals surface area contributed by atoms with Crippen LogP contribution >= 0.6 is 0 Å². The second-order valence-electron chi connectivity index (χ2n) is 4.99. The molecule has 0 saturated carbocycles. The molecular weight excluding hydrogens is 268 g/mol. The Balaban J connectivity index is 1.85. The summed E-state index contributed by atoms with van der Waals surface area (Å²) in [5.41, 5.74) is 1.40. The van der Waals surface area contributed by atoms with Crippen molar-refractivity contribution in [2.24, 2.45) is 0 Å². The number of aromatic nitrogens is 2. The van der Waals surface area contributed by atoms with Gasteiger partial charge in [0.25, 0.3) is 5.56 Å². The fourth-order valence-electron chi connectivity index (χ4n) is 2.04. The molecule has 0 bridgehead atoms. The standard InChI is InChI=1S/C15H22N4O2/c1-18(9-10-21-2)8-6-16-12-13-11-15(20)19-7-4-3-5-14(19)17-13/h3-5,7,11,16H,6,8-10,12H2,1-2H3. The Morgan fingerprint density at radius 1 is 1.38 bits per heavy atom. The van der Waals surface area contributed by atoms with Crippen LogP contribution in [0.15, 0.2) is 35.3 Å². The number of pyridine rings is 1. The quantitative estimate of drug-likeness (QED) is 0.712. The van der Waals surface area contributed by atoms with Gasteiger partial charge in [0, 0.05) is 45.6 Å². The third kappa shape index (κ3) is 4.63. The number of hydrogen-bond donors (Lipinski definition) is 1. The molecular formula is C15H22N4O2. The van der Waals surface area contributed by atoms with E-state index < -0.39 is 0 Å². The second kappa shape index (κ2) is 7.87.